The highest BCUT2D eigenvalue weighted by molar-refractivity contribution is 9.10. The molecule has 2 nitrogen and oxygen atoms in total. The van der Waals surface area contributed by atoms with Crippen molar-refractivity contribution >= 4 is 21.6 Å². The molecule has 1 N–H and O–H groups in total. The van der Waals surface area contributed by atoms with Crippen molar-refractivity contribution in [3.05, 3.63) is 58.1 Å². The number of rotatable bonds is 5. The molecular formula is C17H16BrNO. The van der Waals surface area contributed by atoms with E-state index in [1.165, 1.54) is 5.56 Å². The Kier molecular flexibility index (Phi) is 5.09. The van der Waals surface area contributed by atoms with Crippen LogP contribution in [-0.4, -0.2) is 6.61 Å². The lowest BCUT2D eigenvalue weighted by atomic mass is 10.2. The summed E-state index contributed by atoms with van der Waals surface area (Å²) in [7, 11) is 0. The Morgan fingerprint density at radius 2 is 2.05 bits per heavy atom. The smallest absolute Gasteiger partial charge is 0.148 e. The summed E-state index contributed by atoms with van der Waals surface area (Å²) in [6.45, 7) is 3.04. The zero-order valence-electron chi connectivity index (χ0n) is 11.3. The van der Waals surface area contributed by atoms with Crippen molar-refractivity contribution in [1.29, 1.82) is 0 Å². The van der Waals surface area contributed by atoms with Crippen LogP contribution in [0.15, 0.2) is 46.9 Å². The molecule has 102 valence electrons. The number of anilines is 1. The Morgan fingerprint density at radius 1 is 1.25 bits per heavy atom. The molecule has 0 fully saturated rings. The minimum absolute atomic E-state index is 0.285. The van der Waals surface area contributed by atoms with Gasteiger partial charge in [0.05, 0.1) is 0 Å². The molecule has 0 heterocycles. The molecule has 0 saturated heterocycles. The fourth-order valence-corrected chi connectivity index (χ4v) is 2.19. The largest absolute Gasteiger partial charge is 0.481 e. The van der Waals surface area contributed by atoms with E-state index in [1.807, 2.05) is 24.3 Å². The lowest BCUT2D eigenvalue weighted by molar-refractivity contribution is 0.366. The second-order valence-electron chi connectivity index (χ2n) is 4.42. The number of ether oxygens (including phenoxy) is 1. The third-order valence-corrected chi connectivity index (χ3v) is 3.79. The Morgan fingerprint density at radius 3 is 2.80 bits per heavy atom. The molecule has 3 heteroatoms. The van der Waals surface area contributed by atoms with Crippen molar-refractivity contribution in [3.8, 4) is 18.1 Å². The van der Waals surface area contributed by atoms with Gasteiger partial charge in [-0.25, -0.2) is 0 Å². The van der Waals surface area contributed by atoms with Crippen LogP contribution in [0.2, 0.25) is 0 Å². The van der Waals surface area contributed by atoms with Gasteiger partial charge in [0.1, 0.15) is 12.4 Å². The van der Waals surface area contributed by atoms with Crippen LogP contribution in [0.5, 0.6) is 5.75 Å². The molecule has 0 atom stereocenters. The first-order chi connectivity index (χ1) is 9.70. The molecule has 2 aromatic rings. The standard InChI is InChI=1S/C17H16BrNO/c1-3-10-20-17-7-5-4-6-14(17)12-19-15-9-8-13(2)16(18)11-15/h1,4-9,11,19H,10,12H2,2H3. The molecule has 20 heavy (non-hydrogen) atoms. The van der Waals surface area contributed by atoms with Gasteiger partial charge in [-0.3, -0.25) is 0 Å². The maximum absolute atomic E-state index is 5.53. The van der Waals surface area contributed by atoms with E-state index in [0.29, 0.717) is 6.54 Å². The summed E-state index contributed by atoms with van der Waals surface area (Å²) in [5, 5.41) is 3.38. The number of benzene rings is 2. The second-order valence-corrected chi connectivity index (χ2v) is 5.27. The highest BCUT2D eigenvalue weighted by atomic mass is 79.9. The number of halogens is 1. The molecule has 0 spiro atoms. The fraction of sp³-hybridized carbons (Fsp3) is 0.176. The van der Waals surface area contributed by atoms with Crippen LogP contribution in [0, 0.1) is 19.3 Å². The quantitative estimate of drug-likeness (QED) is 0.822. The number of hydrogen-bond donors (Lipinski definition) is 1. The zero-order valence-corrected chi connectivity index (χ0v) is 12.9. The fourth-order valence-electron chi connectivity index (χ4n) is 1.81. The highest BCUT2D eigenvalue weighted by Crippen LogP contribution is 2.23. The van der Waals surface area contributed by atoms with Crippen LogP contribution in [0.3, 0.4) is 0 Å². The number of aryl methyl sites for hydroxylation is 1. The van der Waals surface area contributed by atoms with Gasteiger partial charge in [0, 0.05) is 22.3 Å². The topological polar surface area (TPSA) is 21.3 Å². The average molecular weight is 330 g/mol. The van der Waals surface area contributed by atoms with E-state index in [0.717, 1.165) is 21.5 Å². The van der Waals surface area contributed by atoms with E-state index in [-0.39, 0.29) is 6.61 Å². The number of hydrogen-bond acceptors (Lipinski definition) is 2. The van der Waals surface area contributed by atoms with Gasteiger partial charge in [-0.15, -0.1) is 6.42 Å². The predicted molar refractivity (Wildman–Crippen MR) is 87.0 cm³/mol. The van der Waals surface area contributed by atoms with Crippen LogP contribution in [0.4, 0.5) is 5.69 Å². The molecule has 0 bridgehead atoms. The Labute approximate surface area is 128 Å². The molecule has 0 saturated carbocycles. The monoisotopic (exact) mass is 329 g/mol. The lowest BCUT2D eigenvalue weighted by Crippen LogP contribution is -2.03. The van der Waals surface area contributed by atoms with Crippen LogP contribution >= 0.6 is 15.9 Å². The maximum Gasteiger partial charge on any atom is 0.148 e. The van der Waals surface area contributed by atoms with Crippen molar-refractivity contribution < 1.29 is 4.74 Å². The van der Waals surface area contributed by atoms with Gasteiger partial charge in [-0.2, -0.15) is 0 Å². The van der Waals surface area contributed by atoms with Crippen molar-refractivity contribution in [2.75, 3.05) is 11.9 Å². The molecular weight excluding hydrogens is 314 g/mol. The van der Waals surface area contributed by atoms with Crippen LogP contribution in [0.25, 0.3) is 0 Å². The molecule has 0 aliphatic rings. The summed E-state index contributed by atoms with van der Waals surface area (Å²) in [6.07, 6.45) is 5.23. The summed E-state index contributed by atoms with van der Waals surface area (Å²) < 4.78 is 6.63. The second kappa shape index (κ2) is 7.02. The van der Waals surface area contributed by atoms with Gasteiger partial charge in [-0.05, 0) is 30.7 Å². The molecule has 0 radical (unpaired) electrons. The Balaban J connectivity index is 2.06. The van der Waals surface area contributed by atoms with E-state index in [9.17, 15) is 0 Å². The van der Waals surface area contributed by atoms with Gasteiger partial charge >= 0.3 is 0 Å². The minimum atomic E-state index is 0.285. The van der Waals surface area contributed by atoms with E-state index in [1.54, 1.807) is 0 Å². The molecule has 2 rings (SSSR count). The number of nitrogens with one attached hydrogen (secondary N) is 1. The van der Waals surface area contributed by atoms with Crippen LogP contribution in [-0.2, 0) is 6.54 Å². The SMILES string of the molecule is C#CCOc1ccccc1CNc1ccc(C)c(Br)c1. The van der Waals surface area contributed by atoms with Crippen molar-refractivity contribution in [2.45, 2.75) is 13.5 Å². The molecule has 0 aliphatic carbocycles. The van der Waals surface area contributed by atoms with E-state index >= 15 is 0 Å². The lowest BCUT2D eigenvalue weighted by Gasteiger charge is -2.12. The Bertz CT molecular complexity index is 631. The molecule has 0 unspecified atom stereocenters. The number of terminal acetylenes is 1. The Hall–Kier alpha value is -1.92. The van der Waals surface area contributed by atoms with Gasteiger partial charge < -0.3 is 10.1 Å². The van der Waals surface area contributed by atoms with E-state index < -0.39 is 0 Å². The van der Waals surface area contributed by atoms with E-state index in [2.05, 4.69) is 52.3 Å². The normalized spacial score (nSPS) is 9.85. The maximum atomic E-state index is 5.53. The first kappa shape index (κ1) is 14.5. The summed E-state index contributed by atoms with van der Waals surface area (Å²) in [6, 6.07) is 14.1. The molecule has 0 aromatic heterocycles. The van der Waals surface area contributed by atoms with Gasteiger partial charge in [0.25, 0.3) is 0 Å². The zero-order chi connectivity index (χ0) is 14.4. The highest BCUT2D eigenvalue weighted by Gasteiger charge is 2.03. The summed E-state index contributed by atoms with van der Waals surface area (Å²) >= 11 is 3.53. The third kappa shape index (κ3) is 3.79. The molecule has 0 amide bonds. The van der Waals surface area contributed by atoms with Crippen LogP contribution < -0.4 is 10.1 Å². The van der Waals surface area contributed by atoms with Gasteiger partial charge in [0.15, 0.2) is 0 Å². The van der Waals surface area contributed by atoms with Gasteiger partial charge in [-0.1, -0.05) is 46.1 Å². The minimum Gasteiger partial charge on any atom is -0.481 e. The predicted octanol–water partition coefficient (Wildman–Crippen LogP) is 4.38. The van der Waals surface area contributed by atoms with Gasteiger partial charge in [0.2, 0.25) is 0 Å². The summed E-state index contributed by atoms with van der Waals surface area (Å²) in [4.78, 5) is 0. The van der Waals surface area contributed by atoms with Crippen molar-refractivity contribution in [3.63, 3.8) is 0 Å². The molecule has 2 aromatic carbocycles. The van der Waals surface area contributed by atoms with Crippen LogP contribution in [0.1, 0.15) is 11.1 Å². The van der Waals surface area contributed by atoms with Crippen molar-refractivity contribution in [1.82, 2.24) is 0 Å². The first-order valence-electron chi connectivity index (χ1n) is 6.35. The third-order valence-electron chi connectivity index (χ3n) is 2.94. The number of para-hydroxylation sites is 1. The summed E-state index contributed by atoms with van der Waals surface area (Å²) in [5.41, 5.74) is 3.36. The van der Waals surface area contributed by atoms with E-state index in [4.69, 9.17) is 11.2 Å². The summed E-state index contributed by atoms with van der Waals surface area (Å²) in [5.74, 6) is 3.31. The average Bonchev–Trinajstić information content (AvgIpc) is 2.47. The van der Waals surface area contributed by atoms with Crippen molar-refractivity contribution in [2.24, 2.45) is 0 Å². The molecule has 0 aliphatic heterocycles. The first-order valence-corrected chi connectivity index (χ1v) is 7.14.